The van der Waals surface area contributed by atoms with Crippen LogP contribution >= 0.6 is 0 Å². The van der Waals surface area contributed by atoms with Gasteiger partial charge in [-0.3, -0.25) is 0 Å². The Labute approximate surface area is 110 Å². The van der Waals surface area contributed by atoms with E-state index in [2.05, 4.69) is 30.3 Å². The fraction of sp³-hybridized carbons (Fsp3) is 0.600. The average Bonchev–Trinajstić information content (AvgIpc) is 2.35. The summed E-state index contributed by atoms with van der Waals surface area (Å²) in [5.41, 5.74) is 2.22. The Morgan fingerprint density at radius 1 is 1.39 bits per heavy atom. The van der Waals surface area contributed by atoms with Gasteiger partial charge < -0.3 is 15.3 Å². The summed E-state index contributed by atoms with van der Waals surface area (Å²) in [6.07, 6.45) is 3.91. The fourth-order valence-corrected chi connectivity index (χ4v) is 2.65. The van der Waals surface area contributed by atoms with Gasteiger partial charge in [-0.2, -0.15) is 0 Å². The van der Waals surface area contributed by atoms with E-state index < -0.39 is 0 Å². The van der Waals surface area contributed by atoms with E-state index in [1.807, 2.05) is 6.07 Å². The van der Waals surface area contributed by atoms with Crippen LogP contribution in [0, 0.1) is 6.92 Å². The first kappa shape index (κ1) is 13.4. The van der Waals surface area contributed by atoms with E-state index in [1.165, 1.54) is 24.8 Å². The molecule has 1 unspecified atom stereocenters. The number of hydrogen-bond donors (Lipinski definition) is 2. The van der Waals surface area contributed by atoms with E-state index in [-0.39, 0.29) is 0 Å². The van der Waals surface area contributed by atoms with E-state index in [1.54, 1.807) is 6.07 Å². The zero-order chi connectivity index (χ0) is 13.0. The van der Waals surface area contributed by atoms with E-state index >= 15 is 0 Å². The molecule has 0 aromatic heterocycles. The maximum absolute atomic E-state index is 9.85. The number of hydrogen-bond acceptors (Lipinski definition) is 3. The molecule has 0 bridgehead atoms. The van der Waals surface area contributed by atoms with Gasteiger partial charge in [-0.15, -0.1) is 0 Å². The summed E-state index contributed by atoms with van der Waals surface area (Å²) in [4.78, 5) is 2.29. The van der Waals surface area contributed by atoms with Gasteiger partial charge in [0.2, 0.25) is 0 Å². The van der Waals surface area contributed by atoms with Gasteiger partial charge in [-0.05, 0) is 39.4 Å². The monoisotopic (exact) mass is 248 g/mol. The highest BCUT2D eigenvalue weighted by Crippen LogP contribution is 2.20. The van der Waals surface area contributed by atoms with Gasteiger partial charge in [0.15, 0.2) is 0 Å². The highest BCUT2D eigenvalue weighted by atomic mass is 16.3. The van der Waals surface area contributed by atoms with Crippen molar-refractivity contribution in [2.45, 2.75) is 38.8 Å². The van der Waals surface area contributed by atoms with Crippen LogP contribution in [0.2, 0.25) is 0 Å². The Morgan fingerprint density at radius 3 is 2.94 bits per heavy atom. The number of likely N-dealkylation sites (N-methyl/N-ethyl adjacent to an activating group) is 1. The van der Waals surface area contributed by atoms with Crippen LogP contribution in [0.3, 0.4) is 0 Å². The van der Waals surface area contributed by atoms with Gasteiger partial charge in [0.05, 0.1) is 0 Å². The Bertz CT molecular complexity index is 386. The van der Waals surface area contributed by atoms with Crippen molar-refractivity contribution >= 4 is 0 Å². The number of phenolic OH excluding ortho intramolecular Hbond substituents is 1. The normalized spacial score (nSPS) is 20.3. The topological polar surface area (TPSA) is 35.5 Å². The summed E-state index contributed by atoms with van der Waals surface area (Å²) in [6.45, 7) is 5.07. The number of aryl methyl sites for hydroxylation is 1. The van der Waals surface area contributed by atoms with Crippen molar-refractivity contribution in [1.82, 2.24) is 10.2 Å². The lowest BCUT2D eigenvalue weighted by atomic mass is 10.0. The van der Waals surface area contributed by atoms with E-state index in [0.717, 1.165) is 25.2 Å². The second kappa shape index (κ2) is 6.21. The minimum absolute atomic E-state index is 0.407. The number of aromatic hydroxyl groups is 1. The minimum atomic E-state index is 0.407. The van der Waals surface area contributed by atoms with E-state index in [4.69, 9.17) is 0 Å². The molecule has 1 aromatic rings. The molecule has 2 N–H and O–H groups in total. The van der Waals surface area contributed by atoms with Crippen LogP contribution in [0.4, 0.5) is 0 Å². The zero-order valence-corrected chi connectivity index (χ0v) is 11.4. The molecule has 0 spiro atoms. The number of phenols is 1. The summed E-state index contributed by atoms with van der Waals surface area (Å²) in [7, 11) is 2.12. The zero-order valence-electron chi connectivity index (χ0n) is 11.4. The molecule has 1 heterocycles. The van der Waals surface area contributed by atoms with Gasteiger partial charge in [0, 0.05) is 24.7 Å². The maximum Gasteiger partial charge on any atom is 0.120 e. The highest BCUT2D eigenvalue weighted by Gasteiger charge is 2.15. The lowest BCUT2D eigenvalue weighted by Gasteiger charge is -2.28. The van der Waals surface area contributed by atoms with Gasteiger partial charge >= 0.3 is 0 Å². The molecule has 1 aliphatic rings. The molecule has 0 radical (unpaired) electrons. The van der Waals surface area contributed by atoms with E-state index in [0.29, 0.717) is 11.8 Å². The highest BCUT2D eigenvalue weighted by molar-refractivity contribution is 5.35. The molecule has 1 saturated heterocycles. The molecule has 1 aliphatic heterocycles. The first-order chi connectivity index (χ1) is 8.65. The van der Waals surface area contributed by atoms with Crippen molar-refractivity contribution in [3.8, 4) is 5.75 Å². The van der Waals surface area contributed by atoms with Crippen LogP contribution in [0.15, 0.2) is 18.2 Å². The van der Waals surface area contributed by atoms with Gasteiger partial charge in [0.25, 0.3) is 0 Å². The fourth-order valence-electron chi connectivity index (χ4n) is 2.65. The molecular formula is C15H24N2O. The Balaban J connectivity index is 1.89. The summed E-state index contributed by atoms with van der Waals surface area (Å²) < 4.78 is 0. The Morgan fingerprint density at radius 2 is 2.22 bits per heavy atom. The quantitative estimate of drug-likeness (QED) is 0.858. The third kappa shape index (κ3) is 3.72. The van der Waals surface area contributed by atoms with Crippen LogP contribution in [0.25, 0.3) is 0 Å². The van der Waals surface area contributed by atoms with E-state index in [9.17, 15) is 5.11 Å². The summed E-state index contributed by atoms with van der Waals surface area (Å²) in [5.74, 6) is 0.407. The largest absolute Gasteiger partial charge is 0.508 e. The van der Waals surface area contributed by atoms with Gasteiger partial charge in [-0.1, -0.05) is 24.1 Å². The molecule has 0 aliphatic carbocycles. The molecule has 1 fully saturated rings. The van der Waals surface area contributed by atoms with Crippen LogP contribution in [0.1, 0.15) is 30.4 Å². The number of nitrogens with zero attached hydrogens (tertiary/aromatic N) is 1. The van der Waals surface area contributed by atoms with Crippen molar-refractivity contribution in [3.63, 3.8) is 0 Å². The van der Waals surface area contributed by atoms with Crippen molar-refractivity contribution in [2.24, 2.45) is 0 Å². The van der Waals surface area contributed by atoms with Crippen LogP contribution < -0.4 is 5.32 Å². The van der Waals surface area contributed by atoms with Crippen LogP contribution in [-0.4, -0.2) is 36.2 Å². The summed E-state index contributed by atoms with van der Waals surface area (Å²) in [6, 6.07) is 6.41. The molecule has 0 amide bonds. The van der Waals surface area contributed by atoms with Gasteiger partial charge in [-0.25, -0.2) is 0 Å². The number of rotatable bonds is 4. The molecule has 3 heteroatoms. The predicted octanol–water partition coefficient (Wildman–Crippen LogP) is 2.27. The molecule has 3 nitrogen and oxygen atoms in total. The molecular weight excluding hydrogens is 224 g/mol. The number of benzene rings is 1. The smallest absolute Gasteiger partial charge is 0.120 e. The Kier molecular flexibility index (Phi) is 4.61. The molecule has 18 heavy (non-hydrogen) atoms. The van der Waals surface area contributed by atoms with Crippen LogP contribution in [0.5, 0.6) is 5.75 Å². The molecule has 1 atom stereocenters. The van der Waals surface area contributed by atoms with Crippen molar-refractivity contribution in [1.29, 1.82) is 0 Å². The van der Waals surface area contributed by atoms with Gasteiger partial charge in [0.1, 0.15) is 5.75 Å². The molecule has 0 saturated carbocycles. The first-order valence-electron chi connectivity index (χ1n) is 6.85. The number of piperidine rings is 1. The second-order valence-electron chi connectivity index (χ2n) is 5.48. The third-order valence-electron chi connectivity index (χ3n) is 3.62. The van der Waals surface area contributed by atoms with Crippen molar-refractivity contribution < 1.29 is 5.11 Å². The van der Waals surface area contributed by atoms with Crippen LogP contribution in [-0.2, 0) is 6.54 Å². The number of nitrogens with one attached hydrogen (secondary N) is 1. The maximum atomic E-state index is 9.85. The Hall–Kier alpha value is -1.06. The lowest BCUT2D eigenvalue weighted by Crippen LogP contribution is -2.42. The minimum Gasteiger partial charge on any atom is -0.508 e. The molecule has 100 valence electrons. The molecule has 1 aromatic carbocycles. The summed E-state index contributed by atoms with van der Waals surface area (Å²) >= 11 is 0. The average molecular weight is 248 g/mol. The molecule has 2 rings (SSSR count). The first-order valence-corrected chi connectivity index (χ1v) is 6.85. The standard InChI is InChI=1S/C15H24N2O/c1-12-6-7-15(18)13(9-12)10-17(2)11-14-5-3-4-8-16-14/h6-7,9,14,16,18H,3-5,8,10-11H2,1-2H3. The third-order valence-corrected chi connectivity index (χ3v) is 3.62. The van der Waals surface area contributed by atoms with Crippen molar-refractivity contribution in [2.75, 3.05) is 20.1 Å². The second-order valence-corrected chi connectivity index (χ2v) is 5.48. The predicted molar refractivity (Wildman–Crippen MR) is 74.8 cm³/mol. The summed E-state index contributed by atoms with van der Waals surface area (Å²) in [5, 5.41) is 13.4. The van der Waals surface area contributed by atoms with Crippen molar-refractivity contribution in [3.05, 3.63) is 29.3 Å². The lowest BCUT2D eigenvalue weighted by molar-refractivity contribution is 0.254. The SMILES string of the molecule is Cc1ccc(O)c(CN(C)CC2CCCCN2)c1.